The molecule has 1 saturated heterocycles. The number of nitrogens with zero attached hydrogens (tertiary/aromatic N) is 5. The highest BCUT2D eigenvalue weighted by Crippen LogP contribution is 2.50. The van der Waals surface area contributed by atoms with E-state index in [1.165, 1.54) is 44.5 Å². The number of likely N-dealkylation sites (N-methyl/N-ethyl adjacent to an activating group) is 1. The minimum Gasteiger partial charge on any atom is -0.344 e. The number of hydroxylamine groups is 4. The second-order valence-corrected chi connectivity index (χ2v) is 21.2. The number of amidine groups is 1. The molecule has 3 aliphatic rings. The normalized spacial score (nSPS) is 20.7. The fraction of sp³-hybridized carbons (Fsp3) is 0.378. The Morgan fingerprint density at radius 3 is 2.12 bits per heavy atom. The number of amides is 3. The van der Waals surface area contributed by atoms with Gasteiger partial charge in [-0.2, -0.15) is 25.3 Å². The average molecular weight is 1000 g/mol. The zero-order valence-corrected chi connectivity index (χ0v) is 40.6. The van der Waals surface area contributed by atoms with Crippen LogP contribution in [0.15, 0.2) is 117 Å². The van der Waals surface area contributed by atoms with Crippen LogP contribution in [-0.4, -0.2) is 123 Å². The first-order chi connectivity index (χ1) is 31.7. The number of hydrogen-bond donors (Lipinski definition) is 3. The number of hydrogen-bond acceptors (Lipinski definition) is 14. The van der Waals surface area contributed by atoms with Crippen LogP contribution in [0.1, 0.15) is 74.9 Å². The van der Waals surface area contributed by atoms with E-state index in [1.54, 1.807) is 66.5 Å². The van der Waals surface area contributed by atoms with Crippen molar-refractivity contribution in [3.8, 4) is 0 Å². The number of anilines is 1. The first kappa shape index (κ1) is 53.0. The maximum Gasteiger partial charge on any atom is 0.363 e. The molecular formula is C45H53N5O15S3. The molecule has 366 valence electrons. The number of aliphatic imine (C=N–C) groups is 2. The lowest BCUT2D eigenvalue weighted by atomic mass is 9.76. The highest BCUT2D eigenvalue weighted by molar-refractivity contribution is 7.86. The van der Waals surface area contributed by atoms with Gasteiger partial charge in [0.2, 0.25) is 0 Å². The van der Waals surface area contributed by atoms with Gasteiger partial charge in [-0.15, -0.1) is 5.06 Å². The molecule has 5 rings (SSSR count). The van der Waals surface area contributed by atoms with E-state index in [1.807, 2.05) is 20.8 Å². The van der Waals surface area contributed by atoms with E-state index in [4.69, 9.17) is 14.7 Å². The van der Waals surface area contributed by atoms with Crippen molar-refractivity contribution in [2.24, 2.45) is 15.4 Å². The molecule has 1 fully saturated rings. The van der Waals surface area contributed by atoms with Crippen LogP contribution < -0.4 is 4.90 Å². The molecule has 3 aliphatic heterocycles. The van der Waals surface area contributed by atoms with Gasteiger partial charge in [-0.3, -0.25) is 37.9 Å². The Morgan fingerprint density at radius 2 is 1.53 bits per heavy atom. The molecule has 23 heteroatoms. The molecule has 68 heavy (non-hydrogen) atoms. The zero-order valence-electron chi connectivity index (χ0n) is 38.1. The predicted molar refractivity (Wildman–Crippen MR) is 251 cm³/mol. The Morgan fingerprint density at radius 1 is 0.897 bits per heavy atom. The van der Waals surface area contributed by atoms with Gasteiger partial charge < -0.3 is 9.74 Å². The quantitative estimate of drug-likeness (QED) is 0.0426. The van der Waals surface area contributed by atoms with Crippen LogP contribution in [-0.2, 0) is 66.2 Å². The summed E-state index contributed by atoms with van der Waals surface area (Å²) in [6, 6.07) is 10.1. The third-order valence-electron chi connectivity index (χ3n) is 11.5. The maximum absolute atomic E-state index is 13.1. The molecule has 0 spiro atoms. The number of benzene rings is 2. The van der Waals surface area contributed by atoms with Crippen LogP contribution >= 0.6 is 0 Å². The molecular weight excluding hydrogens is 947 g/mol. The van der Waals surface area contributed by atoms with Crippen molar-refractivity contribution in [1.29, 1.82) is 0 Å². The molecule has 1 atom stereocenters. The van der Waals surface area contributed by atoms with Crippen molar-refractivity contribution in [2.45, 2.75) is 70.1 Å². The number of fused-ring (bicyclic) bond motifs is 1. The van der Waals surface area contributed by atoms with E-state index >= 15 is 0 Å². The largest absolute Gasteiger partial charge is 0.363 e. The lowest BCUT2D eigenvalue weighted by Gasteiger charge is -2.30. The van der Waals surface area contributed by atoms with E-state index in [2.05, 4.69) is 4.99 Å². The Kier molecular flexibility index (Phi) is 16.5. The second-order valence-electron chi connectivity index (χ2n) is 16.7. The van der Waals surface area contributed by atoms with Gasteiger partial charge in [0.25, 0.3) is 48.1 Å². The van der Waals surface area contributed by atoms with Crippen molar-refractivity contribution < 1.29 is 67.8 Å². The summed E-state index contributed by atoms with van der Waals surface area (Å²) in [5.41, 5.74) is 1.55. The van der Waals surface area contributed by atoms with Crippen LogP contribution in [0.5, 0.6) is 0 Å². The molecule has 0 aliphatic carbocycles. The Balaban J connectivity index is 1.54. The predicted octanol–water partition coefficient (Wildman–Crippen LogP) is 4.80. The lowest BCUT2D eigenvalue weighted by molar-refractivity contribution is -0.172. The van der Waals surface area contributed by atoms with E-state index in [0.29, 0.717) is 38.9 Å². The smallest absolute Gasteiger partial charge is 0.344 e. The average Bonchev–Trinajstić information content (AvgIpc) is 3.79. The number of allylic oxidation sites excluding steroid dienone is 7. The molecule has 1 unspecified atom stereocenters. The van der Waals surface area contributed by atoms with Gasteiger partial charge in [-0.1, -0.05) is 50.3 Å². The summed E-state index contributed by atoms with van der Waals surface area (Å²) in [6.45, 7) is 7.27. The summed E-state index contributed by atoms with van der Waals surface area (Å²) >= 11 is 0. The number of imide groups is 1. The van der Waals surface area contributed by atoms with E-state index in [0.717, 1.165) is 5.06 Å². The zero-order chi connectivity index (χ0) is 50.4. The molecule has 0 saturated carbocycles. The molecule has 3 amide bonds. The second kappa shape index (κ2) is 21.1. The number of carbonyl (C=O) groups excluding carboxylic acids is 4. The summed E-state index contributed by atoms with van der Waals surface area (Å²) in [4.78, 5) is 70.8. The van der Waals surface area contributed by atoms with Gasteiger partial charge in [0.15, 0.2) is 5.84 Å². The Labute approximate surface area is 395 Å². The van der Waals surface area contributed by atoms with E-state index < -0.39 is 81.3 Å². The first-order valence-corrected chi connectivity index (χ1v) is 25.7. The summed E-state index contributed by atoms with van der Waals surface area (Å²) in [6.07, 6.45) is 11.7. The first-order valence-electron chi connectivity index (χ1n) is 21.1. The molecule has 3 heterocycles. The molecule has 0 bridgehead atoms. The monoisotopic (exact) mass is 999 g/mol. The van der Waals surface area contributed by atoms with Crippen molar-refractivity contribution in [3.05, 3.63) is 119 Å². The van der Waals surface area contributed by atoms with Gasteiger partial charge in [0.1, 0.15) is 0 Å². The van der Waals surface area contributed by atoms with Crippen LogP contribution in [0.4, 0.5) is 5.69 Å². The standard InChI is InChI=1S/C45H53N5O15S3/c1-7-31(42(53)48(5)64-6)27-35-41(46-23-11-25-66(55,56)57)47-37(44(35,2)3)13-9-8-10-14-38-45(4,29-30-15-17-32(18-16-30)43(54)65-50-39(51)21-22-40(50)52)34-28-33(68(61,62)63)19-20-36(34)49(38)24-12-26-67(58,59)60/h7-10,13-20,27-28H,11-12,21-26,29H2,1-6H3,(H,55,56,57)(H,58,59,60)(H,61,62,63)/b10-8+,13-9+,31-7+,35-27+,38-14+,46-41-. The van der Waals surface area contributed by atoms with Gasteiger partial charge in [-0.25, -0.2) is 14.9 Å². The summed E-state index contributed by atoms with van der Waals surface area (Å²) < 4.78 is 100. The summed E-state index contributed by atoms with van der Waals surface area (Å²) in [5.74, 6) is -3.52. The fourth-order valence-corrected chi connectivity index (χ4v) is 9.30. The van der Waals surface area contributed by atoms with Gasteiger partial charge in [0.05, 0.1) is 34.8 Å². The highest BCUT2D eigenvalue weighted by atomic mass is 32.2. The van der Waals surface area contributed by atoms with Crippen molar-refractivity contribution in [2.75, 3.05) is 43.7 Å². The SMILES string of the molecule is C\C=C(/C=C1\C(=N\CCCS(=O)(=O)O)N=C(/C=C/C=C/C=C2/N(CCCS(=O)(=O)O)c3ccc(S(=O)(=O)O)cc3C2(C)Cc2ccc(C(=O)ON3C(=O)CCC3=O)cc2)C1(C)C)C(=O)N(C)OC. The van der Waals surface area contributed by atoms with Gasteiger partial charge >= 0.3 is 5.97 Å². The molecule has 0 radical (unpaired) electrons. The molecule has 20 nitrogen and oxygen atoms in total. The fourth-order valence-electron chi connectivity index (χ4n) is 7.81. The van der Waals surface area contributed by atoms with Crippen molar-refractivity contribution in [1.82, 2.24) is 10.1 Å². The van der Waals surface area contributed by atoms with Crippen LogP contribution in [0.2, 0.25) is 0 Å². The molecule has 0 aromatic heterocycles. The van der Waals surface area contributed by atoms with Gasteiger partial charge in [0, 0.05) is 66.3 Å². The minimum atomic E-state index is -4.69. The van der Waals surface area contributed by atoms with Crippen LogP contribution in [0.3, 0.4) is 0 Å². The lowest BCUT2D eigenvalue weighted by Crippen LogP contribution is -2.32. The Bertz CT molecular complexity index is 2900. The molecule has 3 N–H and O–H groups in total. The maximum atomic E-state index is 13.1. The summed E-state index contributed by atoms with van der Waals surface area (Å²) in [7, 11) is -10.5. The number of rotatable bonds is 19. The molecule has 2 aromatic rings. The van der Waals surface area contributed by atoms with E-state index in [-0.39, 0.29) is 62.2 Å². The topological polar surface area (TPSA) is 284 Å². The molecule has 2 aromatic carbocycles. The highest BCUT2D eigenvalue weighted by Gasteiger charge is 2.44. The Hall–Kier alpha value is -5.95. The van der Waals surface area contributed by atoms with Crippen molar-refractivity contribution >= 4 is 71.3 Å². The third-order valence-corrected chi connectivity index (χ3v) is 13.9. The van der Waals surface area contributed by atoms with Crippen molar-refractivity contribution in [3.63, 3.8) is 0 Å². The van der Waals surface area contributed by atoms with Gasteiger partial charge in [-0.05, 0) is 92.8 Å². The van der Waals surface area contributed by atoms with Crippen LogP contribution in [0, 0.1) is 5.41 Å². The third kappa shape index (κ3) is 12.8. The summed E-state index contributed by atoms with van der Waals surface area (Å²) in [5, 5.41) is 1.49. The number of carbonyl (C=O) groups is 4. The van der Waals surface area contributed by atoms with E-state index in [9.17, 15) is 58.1 Å². The van der Waals surface area contributed by atoms with Crippen LogP contribution in [0.25, 0.3) is 0 Å². The minimum absolute atomic E-state index is 0.000969.